The largest absolute Gasteiger partial charge is 0.379 e. The minimum Gasteiger partial charge on any atom is -0.379 e. The summed E-state index contributed by atoms with van der Waals surface area (Å²) < 4.78 is 15.2. The van der Waals surface area contributed by atoms with Crippen LogP contribution in [0.3, 0.4) is 0 Å². The number of hydrogen-bond donors (Lipinski definition) is 0. The van der Waals surface area contributed by atoms with Gasteiger partial charge in [0.05, 0.1) is 31.0 Å². The van der Waals surface area contributed by atoms with E-state index in [1.807, 2.05) is 0 Å². The fraction of sp³-hybridized carbons (Fsp3) is 0.867. The highest BCUT2D eigenvalue weighted by atomic mass is 33.1. The Labute approximate surface area is 186 Å². The lowest BCUT2D eigenvalue weighted by atomic mass is 10.3. The zero-order chi connectivity index (χ0) is 19.3. The van der Waals surface area contributed by atoms with Crippen molar-refractivity contribution in [2.75, 3.05) is 52.6 Å². The number of rotatable bonds is 9. The molecule has 0 aromatic carbocycles. The van der Waals surface area contributed by atoms with Crippen LogP contribution >= 0.6 is 67.1 Å². The van der Waals surface area contributed by atoms with Gasteiger partial charge in [0.1, 0.15) is 0 Å². The Balaban J connectivity index is 1.66. The van der Waals surface area contributed by atoms with Crippen molar-refractivity contribution in [2.45, 2.75) is 30.8 Å². The summed E-state index contributed by atoms with van der Waals surface area (Å²) in [6.45, 7) is 8.07. The van der Waals surface area contributed by atoms with Gasteiger partial charge in [0, 0.05) is 50.1 Å². The molecule has 12 heteroatoms. The van der Waals surface area contributed by atoms with Crippen LogP contribution in [0.15, 0.2) is 0 Å². The van der Waals surface area contributed by atoms with E-state index in [9.17, 15) is 9.59 Å². The van der Waals surface area contributed by atoms with Gasteiger partial charge in [-0.15, -0.1) is 0 Å². The maximum atomic E-state index is 12.2. The summed E-state index contributed by atoms with van der Waals surface area (Å²) in [5.41, 5.74) is 0. The average molecular weight is 491 g/mol. The van der Waals surface area contributed by atoms with Gasteiger partial charge in [-0.3, -0.25) is 9.59 Å². The number of hydrogen-bond acceptors (Lipinski definition) is 12. The number of carbonyl (C=O) groups is 2. The normalized spacial score (nSPS) is 19.5. The highest BCUT2D eigenvalue weighted by Crippen LogP contribution is 2.46. The molecule has 6 nitrogen and oxygen atoms in total. The van der Waals surface area contributed by atoms with Crippen LogP contribution in [0.4, 0.5) is 9.59 Å². The summed E-state index contributed by atoms with van der Waals surface area (Å²) in [6, 6.07) is 0. The maximum Gasteiger partial charge on any atom is 0.271 e. The van der Waals surface area contributed by atoms with Crippen LogP contribution in [0, 0.1) is 0 Å². The van der Waals surface area contributed by atoms with Crippen molar-refractivity contribution < 1.29 is 19.1 Å². The van der Waals surface area contributed by atoms with Gasteiger partial charge in [0.25, 0.3) is 8.89 Å². The molecule has 0 atom stereocenters. The second-order valence-electron chi connectivity index (χ2n) is 5.70. The maximum absolute atomic E-state index is 12.2. The van der Waals surface area contributed by atoms with Crippen molar-refractivity contribution in [3.05, 3.63) is 0 Å². The molecule has 0 aromatic rings. The van der Waals surface area contributed by atoms with Gasteiger partial charge in [-0.05, 0) is 28.0 Å². The highest BCUT2D eigenvalue weighted by molar-refractivity contribution is 8.93. The van der Waals surface area contributed by atoms with Gasteiger partial charge in [-0.1, -0.05) is 41.4 Å². The van der Waals surface area contributed by atoms with Gasteiger partial charge in [0.15, 0.2) is 0 Å². The zero-order valence-electron chi connectivity index (χ0n) is 15.3. The van der Waals surface area contributed by atoms with Crippen molar-refractivity contribution in [3.63, 3.8) is 0 Å². The van der Waals surface area contributed by atoms with Crippen LogP contribution in [-0.2, 0) is 9.47 Å². The molecule has 2 fully saturated rings. The van der Waals surface area contributed by atoms with Crippen LogP contribution < -0.4 is 0 Å². The summed E-state index contributed by atoms with van der Waals surface area (Å²) in [7, 11) is 5.75. The molecule has 27 heavy (non-hydrogen) atoms. The smallest absolute Gasteiger partial charge is 0.271 e. The first-order valence-corrected chi connectivity index (χ1v) is 14.9. The molecule has 0 aromatic heterocycles. The molecule has 156 valence electrons. The fourth-order valence-corrected chi connectivity index (χ4v) is 9.98. The number of carbonyl (C=O) groups excluding carboxylic acids is 2. The predicted octanol–water partition coefficient (Wildman–Crippen LogP) is 5.47. The molecule has 0 aliphatic carbocycles. The minimum atomic E-state index is 0.100. The standard InChI is InChI=1S/C15H26N2O4S6/c1-2-3-4-13(24-26-14(18)22-16-5-9-20-10-6-16)25-27-15(19)23-17-7-11-21-12-8-17/h13H,2-12H2,1H3. The molecule has 2 heterocycles. The molecule has 0 bridgehead atoms. The molecule has 0 unspecified atom stereocenters. The third-order valence-electron chi connectivity index (χ3n) is 3.59. The monoisotopic (exact) mass is 490 g/mol. The SMILES string of the molecule is CCCCC(SSC(=O)SN1CCOCC1)SSC(=O)SN1CCOCC1. The summed E-state index contributed by atoms with van der Waals surface area (Å²) in [5, 5.41) is 0. The predicted molar refractivity (Wildman–Crippen MR) is 124 cm³/mol. The Morgan fingerprint density at radius 1 is 0.852 bits per heavy atom. The van der Waals surface area contributed by atoms with Gasteiger partial charge in [-0.25, -0.2) is 8.61 Å². The molecule has 2 aliphatic rings. The van der Waals surface area contributed by atoms with Crippen LogP contribution in [0.2, 0.25) is 0 Å². The average Bonchev–Trinajstić information content (AvgIpc) is 2.69. The molecule has 2 saturated heterocycles. The second kappa shape index (κ2) is 15.1. The Morgan fingerprint density at radius 2 is 1.30 bits per heavy atom. The number of ether oxygens (including phenoxy) is 2. The zero-order valence-corrected chi connectivity index (χ0v) is 20.2. The Kier molecular flexibility index (Phi) is 13.8. The van der Waals surface area contributed by atoms with E-state index in [4.69, 9.17) is 9.47 Å². The lowest BCUT2D eigenvalue weighted by molar-refractivity contribution is 0.0775. The Hall–Kier alpha value is 1.28. The topological polar surface area (TPSA) is 59.1 Å². The first-order chi connectivity index (χ1) is 13.2. The van der Waals surface area contributed by atoms with Crippen molar-refractivity contribution >= 4 is 76.0 Å². The van der Waals surface area contributed by atoms with E-state index in [0.29, 0.717) is 26.4 Å². The first kappa shape index (κ1) is 24.5. The summed E-state index contributed by atoms with van der Waals surface area (Å²) in [5.74, 6) is 0. The van der Waals surface area contributed by atoms with Gasteiger partial charge in [0.2, 0.25) is 0 Å². The van der Waals surface area contributed by atoms with E-state index in [1.165, 1.54) is 45.5 Å². The van der Waals surface area contributed by atoms with Crippen LogP contribution in [0.25, 0.3) is 0 Å². The lowest BCUT2D eigenvalue weighted by Gasteiger charge is -2.24. The lowest BCUT2D eigenvalue weighted by Crippen LogP contribution is -2.31. The molecule has 0 N–H and O–H groups in total. The Bertz CT molecular complexity index is 414. The van der Waals surface area contributed by atoms with Gasteiger partial charge in [-0.2, -0.15) is 0 Å². The molecular formula is C15H26N2O4S6. The number of unbranched alkanes of at least 4 members (excludes halogenated alkanes) is 1. The van der Waals surface area contributed by atoms with Crippen LogP contribution in [0.1, 0.15) is 26.2 Å². The molecule has 0 amide bonds. The molecule has 0 spiro atoms. The van der Waals surface area contributed by atoms with Crippen molar-refractivity contribution in [1.29, 1.82) is 0 Å². The molecule has 2 rings (SSSR count). The van der Waals surface area contributed by atoms with Crippen molar-refractivity contribution in [3.8, 4) is 0 Å². The summed E-state index contributed by atoms with van der Waals surface area (Å²) in [4.78, 5) is 24.4. The van der Waals surface area contributed by atoms with E-state index in [1.54, 1.807) is 21.6 Å². The fourth-order valence-electron chi connectivity index (χ4n) is 2.19. The van der Waals surface area contributed by atoms with Crippen LogP contribution in [0.5, 0.6) is 0 Å². The highest BCUT2D eigenvalue weighted by Gasteiger charge is 2.21. The molecule has 0 radical (unpaired) electrons. The van der Waals surface area contributed by atoms with Gasteiger partial charge < -0.3 is 9.47 Å². The number of morpholine rings is 2. The first-order valence-electron chi connectivity index (χ1n) is 8.93. The number of nitrogens with zero attached hydrogens (tertiary/aromatic N) is 2. The van der Waals surface area contributed by atoms with E-state index < -0.39 is 0 Å². The van der Waals surface area contributed by atoms with Gasteiger partial charge >= 0.3 is 0 Å². The van der Waals surface area contributed by atoms with E-state index >= 15 is 0 Å². The van der Waals surface area contributed by atoms with E-state index in [-0.39, 0.29) is 13.5 Å². The Morgan fingerprint density at radius 3 is 1.70 bits per heavy atom. The van der Waals surface area contributed by atoms with E-state index in [0.717, 1.165) is 45.4 Å². The summed E-state index contributed by atoms with van der Waals surface area (Å²) >= 11 is 2.57. The molecular weight excluding hydrogens is 465 g/mol. The van der Waals surface area contributed by atoms with Crippen LogP contribution in [-0.4, -0.2) is 74.7 Å². The van der Waals surface area contributed by atoms with E-state index in [2.05, 4.69) is 15.5 Å². The quantitative estimate of drug-likeness (QED) is 0.234. The third-order valence-corrected chi connectivity index (χ3v) is 12.3. The van der Waals surface area contributed by atoms with Crippen molar-refractivity contribution in [1.82, 2.24) is 8.61 Å². The summed E-state index contributed by atoms with van der Waals surface area (Å²) in [6.07, 6.45) is 3.21. The van der Waals surface area contributed by atoms with Crippen molar-refractivity contribution in [2.24, 2.45) is 0 Å². The third kappa shape index (κ3) is 11.3. The molecule has 0 saturated carbocycles. The second-order valence-corrected chi connectivity index (χ2v) is 13.4. The minimum absolute atomic E-state index is 0.100. The molecule has 2 aliphatic heterocycles.